The number of nitrogens with one attached hydrogen (secondary N) is 1. The average molecular weight is 371 g/mol. The molecular weight excluding hydrogens is 354 g/mol. The summed E-state index contributed by atoms with van der Waals surface area (Å²) in [5.41, 5.74) is 5.16. The van der Waals surface area contributed by atoms with Crippen LogP contribution in [0.4, 0.5) is 0 Å². The van der Waals surface area contributed by atoms with E-state index in [1.807, 2.05) is 19.9 Å². The Morgan fingerprint density at radius 3 is 2.71 bits per heavy atom. The molecular formula is C21H17N5O2. The molecule has 0 atom stereocenters. The fraction of sp³-hybridized carbons (Fsp3) is 0.143. The fourth-order valence-corrected chi connectivity index (χ4v) is 3.41. The molecule has 0 aliphatic carbocycles. The number of H-pyrrole nitrogens is 1. The number of aromatic nitrogens is 4. The van der Waals surface area contributed by atoms with Gasteiger partial charge < -0.3 is 10.1 Å². The molecule has 0 saturated heterocycles. The van der Waals surface area contributed by atoms with Crippen LogP contribution in [0.1, 0.15) is 16.7 Å². The van der Waals surface area contributed by atoms with Gasteiger partial charge in [-0.25, -0.2) is 9.67 Å². The highest BCUT2D eigenvalue weighted by molar-refractivity contribution is 5.94. The van der Waals surface area contributed by atoms with Crippen LogP contribution in [0.15, 0.2) is 41.5 Å². The van der Waals surface area contributed by atoms with Crippen molar-refractivity contribution in [3.05, 3.63) is 63.7 Å². The first-order valence-electron chi connectivity index (χ1n) is 8.65. The Bertz CT molecular complexity index is 1340. The maximum Gasteiger partial charge on any atom is 0.267 e. The number of hydrogen-bond acceptors (Lipinski definition) is 5. The highest BCUT2D eigenvalue weighted by atomic mass is 16.3. The van der Waals surface area contributed by atoms with Crippen molar-refractivity contribution in [1.29, 1.82) is 5.26 Å². The molecule has 0 unspecified atom stereocenters. The average Bonchev–Trinajstić information content (AvgIpc) is 3.11. The summed E-state index contributed by atoms with van der Waals surface area (Å²) in [5.74, 6) is 0.172. The third-order valence-corrected chi connectivity index (χ3v) is 4.96. The van der Waals surface area contributed by atoms with Crippen LogP contribution in [0.25, 0.3) is 33.4 Å². The number of phenols is 1. The summed E-state index contributed by atoms with van der Waals surface area (Å²) in [4.78, 5) is 19.5. The van der Waals surface area contributed by atoms with Gasteiger partial charge in [-0.2, -0.15) is 10.4 Å². The van der Waals surface area contributed by atoms with Crippen LogP contribution in [-0.2, 0) is 7.05 Å². The zero-order valence-electron chi connectivity index (χ0n) is 15.6. The van der Waals surface area contributed by atoms with E-state index in [2.05, 4.69) is 21.1 Å². The predicted octanol–water partition coefficient (Wildman–Crippen LogP) is 3.18. The van der Waals surface area contributed by atoms with E-state index in [9.17, 15) is 15.2 Å². The van der Waals surface area contributed by atoms with E-state index < -0.39 is 0 Å². The number of benzene rings is 1. The highest BCUT2D eigenvalue weighted by Crippen LogP contribution is 2.37. The number of hydrogen-bond donors (Lipinski definition) is 2. The van der Waals surface area contributed by atoms with Gasteiger partial charge in [-0.15, -0.1) is 0 Å². The van der Waals surface area contributed by atoms with Gasteiger partial charge in [0.05, 0.1) is 11.8 Å². The number of nitriles is 1. The summed E-state index contributed by atoms with van der Waals surface area (Å²) in [6.07, 6.45) is 3.22. The molecule has 0 saturated carbocycles. The molecule has 3 heterocycles. The third-order valence-electron chi connectivity index (χ3n) is 4.96. The monoisotopic (exact) mass is 371 g/mol. The van der Waals surface area contributed by atoms with Crippen molar-refractivity contribution in [1.82, 2.24) is 19.7 Å². The lowest BCUT2D eigenvalue weighted by Gasteiger charge is -2.13. The molecule has 4 rings (SSSR count). The Hall–Kier alpha value is -3.92. The van der Waals surface area contributed by atoms with E-state index in [4.69, 9.17) is 0 Å². The fourth-order valence-electron chi connectivity index (χ4n) is 3.41. The second kappa shape index (κ2) is 6.35. The van der Waals surface area contributed by atoms with Crippen LogP contribution in [0.5, 0.6) is 5.75 Å². The lowest BCUT2D eigenvalue weighted by atomic mass is 9.92. The van der Waals surface area contributed by atoms with Gasteiger partial charge in [0.25, 0.3) is 5.56 Å². The molecule has 0 radical (unpaired) electrons. The van der Waals surface area contributed by atoms with E-state index in [1.54, 1.807) is 31.6 Å². The van der Waals surface area contributed by atoms with Gasteiger partial charge in [-0.3, -0.25) is 4.79 Å². The number of phenolic OH excluding ortho intramolecular Hbond substituents is 1. The number of pyridine rings is 1. The molecule has 0 amide bonds. The topological polar surface area (TPSA) is 108 Å². The van der Waals surface area contributed by atoms with Gasteiger partial charge in [0.2, 0.25) is 0 Å². The lowest BCUT2D eigenvalue weighted by Crippen LogP contribution is -2.17. The molecule has 0 spiro atoms. The van der Waals surface area contributed by atoms with Gasteiger partial charge in [0.1, 0.15) is 17.5 Å². The normalized spacial score (nSPS) is 10.9. The molecule has 0 aliphatic heterocycles. The maximum atomic E-state index is 11.9. The second-order valence-electron chi connectivity index (χ2n) is 6.71. The van der Waals surface area contributed by atoms with Crippen molar-refractivity contribution in [2.75, 3.05) is 0 Å². The molecule has 7 heteroatoms. The summed E-state index contributed by atoms with van der Waals surface area (Å²) < 4.78 is 1.25. The first kappa shape index (κ1) is 17.5. The van der Waals surface area contributed by atoms with Crippen LogP contribution in [-0.4, -0.2) is 24.9 Å². The molecule has 0 aliphatic rings. The minimum absolute atomic E-state index is 0.172. The van der Waals surface area contributed by atoms with Crippen LogP contribution >= 0.6 is 0 Å². The third kappa shape index (κ3) is 2.63. The maximum absolute atomic E-state index is 11.9. The standard InChI is InChI=1S/C21H17N5O2/c1-11-4-5-18(27)12(2)20(11)16-10-23-21-14(15(16)8-22)7-17(25-21)13-6-19(28)26(3)24-9-13/h4-7,9-10,27H,1-3H3,(H,23,25). The van der Waals surface area contributed by atoms with E-state index in [0.29, 0.717) is 39.0 Å². The summed E-state index contributed by atoms with van der Waals surface area (Å²) in [7, 11) is 1.58. The molecule has 7 nitrogen and oxygen atoms in total. The van der Waals surface area contributed by atoms with Crippen molar-refractivity contribution >= 4 is 11.0 Å². The molecule has 4 aromatic rings. The Balaban J connectivity index is 1.98. The van der Waals surface area contributed by atoms with Crippen molar-refractivity contribution in [3.63, 3.8) is 0 Å². The van der Waals surface area contributed by atoms with Crippen LogP contribution < -0.4 is 5.56 Å². The smallest absolute Gasteiger partial charge is 0.267 e. The van der Waals surface area contributed by atoms with Crippen LogP contribution in [0.2, 0.25) is 0 Å². The minimum Gasteiger partial charge on any atom is -0.508 e. The molecule has 0 fully saturated rings. The van der Waals surface area contributed by atoms with Crippen LogP contribution in [0.3, 0.4) is 0 Å². The first-order chi connectivity index (χ1) is 13.4. The number of fused-ring (bicyclic) bond motifs is 1. The van der Waals surface area contributed by atoms with Gasteiger partial charge in [-0.1, -0.05) is 6.07 Å². The van der Waals surface area contributed by atoms with E-state index >= 15 is 0 Å². The summed E-state index contributed by atoms with van der Waals surface area (Å²) in [6, 6.07) is 9.01. The minimum atomic E-state index is -0.226. The Morgan fingerprint density at radius 2 is 2.00 bits per heavy atom. The molecule has 2 N–H and O–H groups in total. The van der Waals surface area contributed by atoms with Gasteiger partial charge in [-0.05, 0) is 42.7 Å². The number of rotatable bonds is 2. The first-order valence-corrected chi connectivity index (χ1v) is 8.65. The van der Waals surface area contributed by atoms with Crippen LogP contribution in [0, 0.1) is 25.2 Å². The number of aromatic amines is 1. The summed E-state index contributed by atoms with van der Waals surface area (Å²) in [6.45, 7) is 3.75. The molecule has 1 aromatic carbocycles. The Labute approximate surface area is 160 Å². The SMILES string of the molecule is Cc1ccc(O)c(C)c1-c1cnc2[nH]c(-c3cnn(C)c(=O)c3)cc2c1C#N. The zero-order chi connectivity index (χ0) is 20.0. The van der Waals surface area contributed by atoms with E-state index in [1.165, 1.54) is 10.7 Å². The van der Waals surface area contributed by atoms with Crippen molar-refractivity contribution < 1.29 is 5.11 Å². The van der Waals surface area contributed by atoms with Crippen molar-refractivity contribution in [3.8, 4) is 34.2 Å². The molecule has 28 heavy (non-hydrogen) atoms. The molecule has 138 valence electrons. The second-order valence-corrected chi connectivity index (χ2v) is 6.71. The summed E-state index contributed by atoms with van der Waals surface area (Å²) >= 11 is 0. The Kier molecular flexibility index (Phi) is 3.97. The number of aryl methyl sites for hydroxylation is 2. The largest absolute Gasteiger partial charge is 0.508 e. The predicted molar refractivity (Wildman–Crippen MR) is 106 cm³/mol. The lowest BCUT2D eigenvalue weighted by molar-refractivity contribution is 0.471. The van der Waals surface area contributed by atoms with Gasteiger partial charge in [0.15, 0.2) is 0 Å². The molecule has 3 aromatic heterocycles. The Morgan fingerprint density at radius 1 is 1.21 bits per heavy atom. The van der Waals surface area contributed by atoms with Crippen molar-refractivity contribution in [2.45, 2.75) is 13.8 Å². The van der Waals surface area contributed by atoms with E-state index in [0.717, 1.165) is 11.1 Å². The van der Waals surface area contributed by atoms with Gasteiger partial charge in [0, 0.05) is 41.5 Å². The molecule has 0 bridgehead atoms. The highest BCUT2D eigenvalue weighted by Gasteiger charge is 2.18. The quantitative estimate of drug-likeness (QED) is 0.563. The van der Waals surface area contributed by atoms with Crippen molar-refractivity contribution in [2.24, 2.45) is 7.05 Å². The summed E-state index contributed by atoms with van der Waals surface area (Å²) in [5, 5.41) is 24.7. The number of nitrogens with zero attached hydrogens (tertiary/aromatic N) is 4. The number of aromatic hydroxyl groups is 1. The van der Waals surface area contributed by atoms with E-state index in [-0.39, 0.29) is 11.3 Å². The van der Waals surface area contributed by atoms with Gasteiger partial charge >= 0.3 is 0 Å². The zero-order valence-corrected chi connectivity index (χ0v) is 15.6.